The summed E-state index contributed by atoms with van der Waals surface area (Å²) in [4.78, 5) is 10.2. The number of fused-ring (bicyclic) bond motifs is 3. The number of furan rings is 1. The molecule has 0 aliphatic heterocycles. The summed E-state index contributed by atoms with van der Waals surface area (Å²) in [5, 5.41) is 2.28. The molecule has 6 aromatic carbocycles. The molecule has 0 aliphatic carbocycles. The number of aryl methyl sites for hydroxylation is 1. The second-order valence-electron chi connectivity index (χ2n) is 13.5. The molecule has 8 aromatic rings. The lowest BCUT2D eigenvalue weighted by atomic mass is 9.86. The van der Waals surface area contributed by atoms with Gasteiger partial charge in [-0.05, 0) is 58.9 Å². The molecule has 48 heavy (non-hydrogen) atoms. The van der Waals surface area contributed by atoms with E-state index < -0.39 is 0 Å². The molecular formula is C45H36N2O. The van der Waals surface area contributed by atoms with E-state index in [2.05, 4.69) is 149 Å². The number of nitrogens with zero attached hydrogens (tertiary/aromatic N) is 2. The van der Waals surface area contributed by atoms with Gasteiger partial charge in [0.2, 0.25) is 0 Å². The Hall–Kier alpha value is -5.80. The predicted molar refractivity (Wildman–Crippen MR) is 200 cm³/mol. The zero-order valence-corrected chi connectivity index (χ0v) is 27.7. The van der Waals surface area contributed by atoms with Crippen molar-refractivity contribution in [2.75, 3.05) is 0 Å². The van der Waals surface area contributed by atoms with E-state index in [1.165, 1.54) is 5.56 Å². The van der Waals surface area contributed by atoms with Gasteiger partial charge in [-0.1, -0.05) is 142 Å². The summed E-state index contributed by atoms with van der Waals surface area (Å²) >= 11 is 0. The van der Waals surface area contributed by atoms with Gasteiger partial charge in [-0.3, -0.25) is 0 Å². The van der Waals surface area contributed by atoms with Crippen LogP contribution in [0.25, 0.3) is 78.1 Å². The molecule has 0 saturated heterocycles. The quantitative estimate of drug-likeness (QED) is 0.192. The SMILES string of the molecule is Cc1ccc2c(oc3c(C(C)(C)C)cccc32)c1-c1cc(-c2ccccc2)cc(-c2cc(-c3ccccc3)nc(-c3ccccc3)n2)c1. The number of para-hydroxylation sites is 1. The van der Waals surface area contributed by atoms with Crippen LogP contribution in [0.2, 0.25) is 0 Å². The first kappa shape index (κ1) is 29.6. The van der Waals surface area contributed by atoms with E-state index >= 15 is 0 Å². The number of hydrogen-bond acceptors (Lipinski definition) is 3. The molecule has 0 aliphatic rings. The standard InChI is InChI=1S/C45H36N2O/c1-29-23-24-37-36-21-14-22-38(45(2,3)4)42(36)48-43(37)41(29)35-26-33(30-15-8-5-9-16-30)25-34(27-35)40-28-39(31-17-10-6-11-18-31)46-44(47-40)32-19-12-7-13-20-32/h5-28H,1-4H3. The number of benzene rings is 6. The molecule has 3 nitrogen and oxygen atoms in total. The summed E-state index contributed by atoms with van der Waals surface area (Å²) in [5.74, 6) is 0.698. The second kappa shape index (κ2) is 11.8. The van der Waals surface area contributed by atoms with Gasteiger partial charge in [0.1, 0.15) is 11.2 Å². The molecule has 0 unspecified atom stereocenters. The molecule has 0 bridgehead atoms. The van der Waals surface area contributed by atoms with Crippen molar-refractivity contribution in [1.29, 1.82) is 0 Å². The van der Waals surface area contributed by atoms with E-state index in [1.54, 1.807) is 0 Å². The first-order chi connectivity index (χ1) is 23.3. The average molecular weight is 621 g/mol. The molecule has 0 N–H and O–H groups in total. The zero-order valence-electron chi connectivity index (χ0n) is 27.7. The largest absolute Gasteiger partial charge is 0.455 e. The van der Waals surface area contributed by atoms with Gasteiger partial charge in [-0.15, -0.1) is 0 Å². The molecule has 8 rings (SSSR count). The molecule has 3 heteroatoms. The lowest BCUT2D eigenvalue weighted by Gasteiger charge is -2.18. The Kier molecular flexibility index (Phi) is 7.26. The molecule has 2 heterocycles. The van der Waals surface area contributed by atoms with E-state index in [9.17, 15) is 0 Å². The molecule has 0 saturated carbocycles. The molecule has 0 radical (unpaired) electrons. The topological polar surface area (TPSA) is 38.9 Å². The van der Waals surface area contributed by atoms with Gasteiger partial charge in [-0.25, -0.2) is 9.97 Å². The molecule has 0 amide bonds. The fraction of sp³-hybridized carbons (Fsp3) is 0.111. The fourth-order valence-electron chi connectivity index (χ4n) is 6.70. The van der Waals surface area contributed by atoms with Gasteiger partial charge >= 0.3 is 0 Å². The lowest BCUT2D eigenvalue weighted by molar-refractivity contribution is 0.573. The number of aromatic nitrogens is 2. The summed E-state index contributed by atoms with van der Waals surface area (Å²) in [6.07, 6.45) is 0. The third-order valence-corrected chi connectivity index (χ3v) is 9.14. The second-order valence-corrected chi connectivity index (χ2v) is 13.5. The molecule has 0 spiro atoms. The van der Waals surface area contributed by atoms with Gasteiger partial charge in [-0.2, -0.15) is 0 Å². The lowest BCUT2D eigenvalue weighted by Crippen LogP contribution is -2.10. The molecule has 0 atom stereocenters. The summed E-state index contributed by atoms with van der Waals surface area (Å²) in [5.41, 5.74) is 13.4. The van der Waals surface area contributed by atoms with E-state index in [-0.39, 0.29) is 5.41 Å². The highest BCUT2D eigenvalue weighted by Crippen LogP contribution is 2.43. The van der Waals surface area contributed by atoms with Crippen molar-refractivity contribution in [1.82, 2.24) is 9.97 Å². The van der Waals surface area contributed by atoms with Gasteiger partial charge in [0, 0.05) is 38.6 Å². The average Bonchev–Trinajstić information content (AvgIpc) is 3.50. The van der Waals surface area contributed by atoms with Gasteiger partial charge < -0.3 is 4.42 Å². The summed E-state index contributed by atoms with van der Waals surface area (Å²) in [7, 11) is 0. The van der Waals surface area contributed by atoms with Gasteiger partial charge in [0.05, 0.1) is 11.4 Å². The van der Waals surface area contributed by atoms with Crippen molar-refractivity contribution in [2.24, 2.45) is 0 Å². The van der Waals surface area contributed by atoms with Crippen LogP contribution in [-0.2, 0) is 5.41 Å². The van der Waals surface area contributed by atoms with Crippen LogP contribution in [0.1, 0.15) is 31.9 Å². The predicted octanol–water partition coefficient (Wildman–Crippen LogP) is 12.3. The molecular weight excluding hydrogens is 585 g/mol. The maximum atomic E-state index is 6.90. The van der Waals surface area contributed by atoms with Crippen LogP contribution < -0.4 is 0 Å². The van der Waals surface area contributed by atoms with Crippen LogP contribution in [0.5, 0.6) is 0 Å². The van der Waals surface area contributed by atoms with Crippen LogP contribution in [0.15, 0.2) is 150 Å². The molecule has 232 valence electrons. The van der Waals surface area contributed by atoms with Crippen LogP contribution >= 0.6 is 0 Å². The first-order valence-corrected chi connectivity index (χ1v) is 16.5. The van der Waals surface area contributed by atoms with Crippen molar-refractivity contribution < 1.29 is 4.42 Å². The van der Waals surface area contributed by atoms with Crippen molar-refractivity contribution in [2.45, 2.75) is 33.1 Å². The van der Waals surface area contributed by atoms with Crippen LogP contribution in [0.3, 0.4) is 0 Å². The van der Waals surface area contributed by atoms with Crippen LogP contribution in [0, 0.1) is 6.92 Å². The van der Waals surface area contributed by atoms with Crippen LogP contribution in [-0.4, -0.2) is 9.97 Å². The molecule has 2 aromatic heterocycles. The summed E-state index contributed by atoms with van der Waals surface area (Å²) in [6.45, 7) is 8.90. The minimum atomic E-state index is -0.0527. The third kappa shape index (κ3) is 5.38. The highest BCUT2D eigenvalue weighted by Gasteiger charge is 2.23. The highest BCUT2D eigenvalue weighted by molar-refractivity contribution is 6.11. The Morgan fingerprint density at radius 3 is 1.69 bits per heavy atom. The summed E-state index contributed by atoms with van der Waals surface area (Å²) in [6, 6.07) is 51.0. The van der Waals surface area contributed by atoms with Crippen LogP contribution in [0.4, 0.5) is 0 Å². The molecule has 0 fully saturated rings. The van der Waals surface area contributed by atoms with Gasteiger partial charge in [0.15, 0.2) is 5.82 Å². The van der Waals surface area contributed by atoms with Crippen molar-refractivity contribution in [3.05, 3.63) is 157 Å². The Morgan fingerprint density at radius 2 is 1.02 bits per heavy atom. The maximum absolute atomic E-state index is 6.90. The van der Waals surface area contributed by atoms with Crippen molar-refractivity contribution >= 4 is 21.9 Å². The monoisotopic (exact) mass is 620 g/mol. The van der Waals surface area contributed by atoms with Gasteiger partial charge in [0.25, 0.3) is 0 Å². The minimum Gasteiger partial charge on any atom is -0.455 e. The zero-order chi connectivity index (χ0) is 32.8. The summed E-state index contributed by atoms with van der Waals surface area (Å²) < 4.78 is 6.90. The highest BCUT2D eigenvalue weighted by atomic mass is 16.3. The van der Waals surface area contributed by atoms with E-state index in [4.69, 9.17) is 14.4 Å². The van der Waals surface area contributed by atoms with E-state index in [0.717, 1.165) is 77.8 Å². The maximum Gasteiger partial charge on any atom is 0.160 e. The first-order valence-electron chi connectivity index (χ1n) is 16.5. The third-order valence-electron chi connectivity index (χ3n) is 9.14. The Labute approximate surface area is 281 Å². The van der Waals surface area contributed by atoms with E-state index in [0.29, 0.717) is 5.82 Å². The smallest absolute Gasteiger partial charge is 0.160 e. The van der Waals surface area contributed by atoms with Crippen molar-refractivity contribution in [3.8, 4) is 56.2 Å². The minimum absolute atomic E-state index is 0.0527. The Bertz CT molecular complexity index is 2360. The normalized spacial score (nSPS) is 11.8. The van der Waals surface area contributed by atoms with E-state index in [1.807, 2.05) is 24.3 Å². The number of rotatable bonds is 5. The Balaban J connectivity index is 1.41. The fourth-order valence-corrected chi connectivity index (χ4v) is 6.70. The Morgan fingerprint density at radius 1 is 0.458 bits per heavy atom. The number of hydrogen-bond donors (Lipinski definition) is 0. The van der Waals surface area contributed by atoms with Crippen molar-refractivity contribution in [3.63, 3.8) is 0 Å².